The lowest BCUT2D eigenvalue weighted by atomic mass is 10.3. The van der Waals surface area contributed by atoms with Gasteiger partial charge in [-0.05, 0) is 24.3 Å². The van der Waals surface area contributed by atoms with Crippen molar-refractivity contribution in [2.75, 3.05) is 6.54 Å². The van der Waals surface area contributed by atoms with Crippen LogP contribution in [0.4, 0.5) is 0 Å². The van der Waals surface area contributed by atoms with Crippen molar-refractivity contribution in [3.63, 3.8) is 0 Å². The van der Waals surface area contributed by atoms with Crippen molar-refractivity contribution >= 4 is 34.5 Å². The maximum Gasteiger partial charge on any atom is 0.271 e. The van der Waals surface area contributed by atoms with Crippen molar-refractivity contribution in [1.29, 1.82) is 0 Å². The molecule has 7 heteroatoms. The van der Waals surface area contributed by atoms with Crippen LogP contribution in [0, 0.1) is 0 Å². The fourth-order valence-corrected chi connectivity index (χ4v) is 3.17. The van der Waals surface area contributed by atoms with E-state index in [0.29, 0.717) is 11.7 Å². The Bertz CT molecular complexity index is 617. The van der Waals surface area contributed by atoms with Gasteiger partial charge in [-0.3, -0.25) is 9.59 Å². The number of nitrogens with one attached hydrogen (secondary N) is 2. The summed E-state index contributed by atoms with van der Waals surface area (Å²) in [7, 11) is 0. The highest BCUT2D eigenvalue weighted by Crippen LogP contribution is 2.25. The molecule has 2 amide bonds. The standard InChI is InChI=1S/C13H13N3O2S2/c17-11(15-9-1-2-9)5-14-12(18)10-7-20-13(16-10)8-3-4-19-6-8/h3-4,6-7,9H,1-2,5H2,(H,14,18)(H,15,17). The number of thiophene rings is 1. The van der Waals surface area contributed by atoms with Gasteiger partial charge in [0.25, 0.3) is 5.91 Å². The summed E-state index contributed by atoms with van der Waals surface area (Å²) in [4.78, 5) is 27.7. The SMILES string of the molecule is O=C(CNC(=O)c1csc(-c2ccsc2)n1)NC1CC1. The van der Waals surface area contributed by atoms with E-state index < -0.39 is 0 Å². The summed E-state index contributed by atoms with van der Waals surface area (Å²) in [5.41, 5.74) is 1.38. The Kier molecular flexibility index (Phi) is 3.79. The van der Waals surface area contributed by atoms with Crippen LogP contribution in [0.5, 0.6) is 0 Å². The smallest absolute Gasteiger partial charge is 0.271 e. The van der Waals surface area contributed by atoms with Gasteiger partial charge in [0.05, 0.1) is 6.54 Å². The third kappa shape index (κ3) is 3.23. The fraction of sp³-hybridized carbons (Fsp3) is 0.308. The molecule has 104 valence electrons. The van der Waals surface area contributed by atoms with Crippen LogP contribution in [-0.4, -0.2) is 29.4 Å². The second-order valence-corrected chi connectivity index (χ2v) is 6.21. The topological polar surface area (TPSA) is 71.1 Å². The summed E-state index contributed by atoms with van der Waals surface area (Å²) >= 11 is 3.02. The Morgan fingerprint density at radius 3 is 2.90 bits per heavy atom. The molecule has 1 aliphatic rings. The number of thiazole rings is 1. The molecule has 0 unspecified atom stereocenters. The van der Waals surface area contributed by atoms with E-state index in [2.05, 4.69) is 15.6 Å². The van der Waals surface area contributed by atoms with Gasteiger partial charge in [0, 0.05) is 22.4 Å². The molecular weight excluding hydrogens is 294 g/mol. The van der Waals surface area contributed by atoms with Gasteiger partial charge in [-0.2, -0.15) is 11.3 Å². The zero-order valence-electron chi connectivity index (χ0n) is 10.6. The van der Waals surface area contributed by atoms with Gasteiger partial charge in [0.15, 0.2) is 0 Å². The van der Waals surface area contributed by atoms with Crippen LogP contribution in [0.3, 0.4) is 0 Å². The predicted octanol–water partition coefficient (Wildman–Crippen LogP) is 1.88. The van der Waals surface area contributed by atoms with Gasteiger partial charge < -0.3 is 10.6 Å². The van der Waals surface area contributed by atoms with Gasteiger partial charge in [0.1, 0.15) is 10.7 Å². The average molecular weight is 307 g/mol. The highest BCUT2D eigenvalue weighted by molar-refractivity contribution is 7.14. The summed E-state index contributed by atoms with van der Waals surface area (Å²) in [6.45, 7) is 0.000639. The Hall–Kier alpha value is -1.73. The molecule has 2 N–H and O–H groups in total. The predicted molar refractivity (Wildman–Crippen MR) is 78.9 cm³/mol. The van der Waals surface area contributed by atoms with Crippen molar-refractivity contribution in [3.05, 3.63) is 27.9 Å². The molecule has 2 aromatic rings. The molecule has 1 aliphatic carbocycles. The van der Waals surface area contributed by atoms with Crippen molar-refractivity contribution in [3.8, 4) is 10.6 Å². The van der Waals surface area contributed by atoms with Gasteiger partial charge >= 0.3 is 0 Å². The van der Waals surface area contributed by atoms with E-state index in [1.165, 1.54) is 11.3 Å². The van der Waals surface area contributed by atoms with E-state index in [0.717, 1.165) is 23.4 Å². The molecule has 0 aliphatic heterocycles. The monoisotopic (exact) mass is 307 g/mol. The molecule has 1 fully saturated rings. The Morgan fingerprint density at radius 1 is 1.35 bits per heavy atom. The largest absolute Gasteiger partial charge is 0.352 e. The molecule has 0 bridgehead atoms. The van der Waals surface area contributed by atoms with Crippen LogP contribution in [0.15, 0.2) is 22.2 Å². The van der Waals surface area contributed by atoms with Crippen LogP contribution in [0.25, 0.3) is 10.6 Å². The minimum Gasteiger partial charge on any atom is -0.352 e. The zero-order chi connectivity index (χ0) is 13.9. The van der Waals surface area contributed by atoms with Gasteiger partial charge in [-0.15, -0.1) is 11.3 Å². The molecule has 3 rings (SSSR count). The Morgan fingerprint density at radius 2 is 2.20 bits per heavy atom. The molecule has 0 aromatic carbocycles. The first-order chi connectivity index (χ1) is 9.72. The van der Waals surface area contributed by atoms with Gasteiger partial charge in [0.2, 0.25) is 5.91 Å². The van der Waals surface area contributed by atoms with E-state index in [1.54, 1.807) is 16.7 Å². The summed E-state index contributed by atoms with van der Waals surface area (Å²) in [5.74, 6) is -0.456. The molecule has 0 spiro atoms. The van der Waals surface area contributed by atoms with E-state index in [1.807, 2.05) is 16.8 Å². The molecule has 0 radical (unpaired) electrons. The zero-order valence-corrected chi connectivity index (χ0v) is 12.2. The first-order valence-corrected chi connectivity index (χ1v) is 8.10. The van der Waals surface area contributed by atoms with Crippen LogP contribution in [0.1, 0.15) is 23.3 Å². The normalized spacial score (nSPS) is 14.0. The first kappa shape index (κ1) is 13.3. The number of carbonyl (C=O) groups is 2. The first-order valence-electron chi connectivity index (χ1n) is 6.28. The minimum atomic E-state index is -0.311. The highest BCUT2D eigenvalue weighted by atomic mass is 32.1. The number of hydrogen-bond donors (Lipinski definition) is 2. The van der Waals surface area contributed by atoms with Crippen LogP contribution in [-0.2, 0) is 4.79 Å². The van der Waals surface area contributed by atoms with Crippen LogP contribution in [0.2, 0.25) is 0 Å². The molecular formula is C13H13N3O2S2. The van der Waals surface area contributed by atoms with Gasteiger partial charge in [-0.25, -0.2) is 4.98 Å². The summed E-state index contributed by atoms with van der Waals surface area (Å²) in [5, 5.41) is 11.9. The molecule has 20 heavy (non-hydrogen) atoms. The maximum atomic E-state index is 11.9. The van der Waals surface area contributed by atoms with Crippen molar-refractivity contribution in [2.45, 2.75) is 18.9 Å². The number of nitrogens with zero attached hydrogens (tertiary/aromatic N) is 1. The molecule has 2 aromatic heterocycles. The number of carbonyl (C=O) groups excluding carboxylic acids is 2. The van der Waals surface area contributed by atoms with E-state index >= 15 is 0 Å². The summed E-state index contributed by atoms with van der Waals surface area (Å²) < 4.78 is 0. The lowest BCUT2D eigenvalue weighted by molar-refractivity contribution is -0.120. The third-order valence-electron chi connectivity index (χ3n) is 2.86. The van der Waals surface area contributed by atoms with E-state index in [4.69, 9.17) is 0 Å². The molecule has 5 nitrogen and oxygen atoms in total. The number of aromatic nitrogens is 1. The van der Waals surface area contributed by atoms with Crippen LogP contribution >= 0.6 is 22.7 Å². The van der Waals surface area contributed by atoms with Crippen LogP contribution < -0.4 is 10.6 Å². The fourth-order valence-electron chi connectivity index (χ4n) is 1.65. The minimum absolute atomic E-state index is 0.000639. The number of rotatable bonds is 5. The van der Waals surface area contributed by atoms with Crippen molar-refractivity contribution in [2.24, 2.45) is 0 Å². The molecule has 0 saturated heterocycles. The Balaban J connectivity index is 1.55. The van der Waals surface area contributed by atoms with E-state index in [9.17, 15) is 9.59 Å². The lowest BCUT2D eigenvalue weighted by Gasteiger charge is -2.04. The third-order valence-corrected chi connectivity index (χ3v) is 4.43. The molecule has 2 heterocycles. The maximum absolute atomic E-state index is 11.9. The molecule has 0 atom stereocenters. The summed E-state index contributed by atoms with van der Waals surface area (Å²) in [6, 6.07) is 2.28. The molecule has 1 saturated carbocycles. The second kappa shape index (κ2) is 5.72. The second-order valence-electron chi connectivity index (χ2n) is 4.57. The Labute approximate surface area is 124 Å². The number of amides is 2. The van der Waals surface area contributed by atoms with Crippen molar-refractivity contribution in [1.82, 2.24) is 15.6 Å². The summed E-state index contributed by atoms with van der Waals surface area (Å²) in [6.07, 6.45) is 2.07. The van der Waals surface area contributed by atoms with E-state index in [-0.39, 0.29) is 18.4 Å². The van der Waals surface area contributed by atoms with Crippen molar-refractivity contribution < 1.29 is 9.59 Å². The quantitative estimate of drug-likeness (QED) is 0.886. The van der Waals surface area contributed by atoms with Gasteiger partial charge in [-0.1, -0.05) is 0 Å². The highest BCUT2D eigenvalue weighted by Gasteiger charge is 2.23. The lowest BCUT2D eigenvalue weighted by Crippen LogP contribution is -2.37. The number of hydrogen-bond acceptors (Lipinski definition) is 5. The average Bonchev–Trinajstić information content (AvgIpc) is 2.97.